The first-order valence-electron chi connectivity index (χ1n) is 15.9. The van der Waals surface area contributed by atoms with Gasteiger partial charge in [0.05, 0.1) is 47.8 Å². The molecule has 2 heterocycles. The summed E-state index contributed by atoms with van der Waals surface area (Å²) < 4.78 is 11.9. The number of hydrogen-bond acceptors (Lipinski definition) is 5. The minimum atomic E-state index is -0.214. The Morgan fingerprint density at radius 1 is 0.804 bits per heavy atom. The lowest BCUT2D eigenvalue weighted by molar-refractivity contribution is -0.896. The Kier molecular flexibility index (Phi) is 15.0. The molecule has 8 nitrogen and oxygen atoms in total. The normalized spacial score (nSPS) is 13.1. The first kappa shape index (κ1) is 39.5. The number of benzene rings is 2. The Balaban J connectivity index is 0.00000368. The third-order valence-electron chi connectivity index (χ3n) is 8.41. The van der Waals surface area contributed by atoms with Crippen molar-refractivity contribution in [2.24, 2.45) is 5.41 Å². The molecule has 10 heteroatoms. The van der Waals surface area contributed by atoms with E-state index in [1.807, 2.05) is 36.4 Å². The van der Waals surface area contributed by atoms with Crippen molar-refractivity contribution in [2.75, 3.05) is 67.5 Å². The van der Waals surface area contributed by atoms with E-state index in [1.165, 1.54) is 49.7 Å². The zero-order valence-corrected chi connectivity index (χ0v) is 31.5. The van der Waals surface area contributed by atoms with Gasteiger partial charge in [-0.3, -0.25) is 14.5 Å². The van der Waals surface area contributed by atoms with E-state index in [0.717, 1.165) is 45.9 Å². The summed E-state index contributed by atoms with van der Waals surface area (Å²) in [5, 5.41) is 5.43. The number of aromatic nitrogens is 1. The van der Waals surface area contributed by atoms with Crippen LogP contribution in [-0.2, 0) is 0 Å². The number of amides is 2. The lowest BCUT2D eigenvalue weighted by atomic mass is 9.88. The van der Waals surface area contributed by atoms with Crippen molar-refractivity contribution >= 4 is 22.6 Å². The summed E-state index contributed by atoms with van der Waals surface area (Å²) in [6.45, 7) is 8.96. The van der Waals surface area contributed by atoms with Gasteiger partial charge in [0.25, 0.3) is 17.7 Å². The van der Waals surface area contributed by atoms with Crippen molar-refractivity contribution in [1.82, 2.24) is 10.1 Å². The average Bonchev–Trinajstić information content (AvgIpc) is 3.48. The van der Waals surface area contributed by atoms with E-state index in [1.54, 1.807) is 6.07 Å². The van der Waals surface area contributed by atoms with E-state index in [-0.39, 0.29) is 51.2 Å². The molecule has 0 aliphatic carbocycles. The minimum absolute atomic E-state index is 0. The molecular formula is C36H50Br2N4O4. The van der Waals surface area contributed by atoms with E-state index >= 15 is 0 Å². The second kappa shape index (κ2) is 17.4. The SMILES string of the molecule is CC(C)(CN1C(=O)c2cccc3cccc(c23)C1=O)C[N+](C)(C)CCCCCCCC[N+](C)(C)CC#CCOc1ccon1.[Br-].[Br-]. The molecule has 46 heavy (non-hydrogen) atoms. The molecule has 0 fully saturated rings. The van der Waals surface area contributed by atoms with Crippen LogP contribution in [0.1, 0.15) is 73.1 Å². The highest BCUT2D eigenvalue weighted by molar-refractivity contribution is 6.25. The minimum Gasteiger partial charge on any atom is -1.00 e. The first-order chi connectivity index (χ1) is 20.9. The monoisotopic (exact) mass is 760 g/mol. The van der Waals surface area contributed by atoms with E-state index in [9.17, 15) is 9.59 Å². The molecule has 0 unspecified atom stereocenters. The third kappa shape index (κ3) is 11.2. The number of carbonyl (C=O) groups excluding carboxylic acids is 2. The van der Waals surface area contributed by atoms with Gasteiger partial charge in [-0.05, 0) is 54.3 Å². The van der Waals surface area contributed by atoms with Crippen LogP contribution in [0.15, 0.2) is 53.3 Å². The van der Waals surface area contributed by atoms with Gasteiger partial charge in [-0.1, -0.05) is 56.9 Å². The number of halogens is 2. The Bertz CT molecular complexity index is 1440. The molecule has 2 amide bonds. The fraction of sp³-hybridized carbons (Fsp3) is 0.528. The standard InChI is InChI=1S/C36H50N4O4.2BrH/c1-36(2,27-38-34(41)30-19-15-17-29-18-16-20-31(33(29)30)35(38)42)28-40(5,6)24-12-10-8-7-9-11-22-39(3,4)23-13-14-25-43-32-21-26-44-37-32;;/h15-21,26H,7-12,22-25,27-28H2,1-6H3;2*1H/q+2;;/p-2. The highest BCUT2D eigenvalue weighted by Gasteiger charge is 2.38. The summed E-state index contributed by atoms with van der Waals surface area (Å²) in [6.07, 6.45) is 8.82. The summed E-state index contributed by atoms with van der Waals surface area (Å²) in [5.74, 6) is 6.39. The fourth-order valence-corrected chi connectivity index (χ4v) is 6.51. The summed E-state index contributed by atoms with van der Waals surface area (Å²) in [7, 11) is 8.98. The maximum atomic E-state index is 13.4. The lowest BCUT2D eigenvalue weighted by Crippen LogP contribution is -3.00. The van der Waals surface area contributed by atoms with E-state index < -0.39 is 0 Å². The first-order valence-corrected chi connectivity index (χ1v) is 15.9. The van der Waals surface area contributed by atoms with Crippen molar-refractivity contribution < 1.29 is 61.8 Å². The number of hydrogen-bond donors (Lipinski definition) is 0. The smallest absolute Gasteiger partial charge is 0.261 e. The van der Waals surface area contributed by atoms with Gasteiger partial charge in [0, 0.05) is 34.5 Å². The van der Waals surface area contributed by atoms with Crippen LogP contribution in [0.25, 0.3) is 10.8 Å². The number of unbranched alkanes of at least 4 members (excludes halogenated alkanes) is 5. The van der Waals surface area contributed by atoms with Crippen LogP contribution in [0.5, 0.6) is 5.88 Å². The second-order valence-corrected chi connectivity index (χ2v) is 14.3. The average molecular weight is 763 g/mol. The molecule has 2 aromatic carbocycles. The van der Waals surface area contributed by atoms with Crippen LogP contribution in [0, 0.1) is 17.3 Å². The topological polar surface area (TPSA) is 72.6 Å². The number of imide groups is 1. The molecule has 0 saturated heterocycles. The quantitative estimate of drug-likeness (QED) is 0.0893. The van der Waals surface area contributed by atoms with Crippen LogP contribution in [0.4, 0.5) is 0 Å². The van der Waals surface area contributed by atoms with Crippen LogP contribution < -0.4 is 38.7 Å². The third-order valence-corrected chi connectivity index (χ3v) is 8.41. The summed E-state index contributed by atoms with van der Waals surface area (Å²) in [5.41, 5.74) is 1.04. The van der Waals surface area contributed by atoms with Gasteiger partial charge in [0.1, 0.15) is 12.8 Å². The molecule has 0 spiro atoms. The van der Waals surface area contributed by atoms with Gasteiger partial charge in [-0.25, -0.2) is 0 Å². The predicted octanol–water partition coefficient (Wildman–Crippen LogP) is 0.0338. The molecular weight excluding hydrogens is 712 g/mol. The number of nitrogens with zero attached hydrogens (tertiary/aromatic N) is 4. The fourth-order valence-electron chi connectivity index (χ4n) is 6.51. The van der Waals surface area contributed by atoms with E-state index in [0.29, 0.717) is 30.2 Å². The summed E-state index contributed by atoms with van der Waals surface area (Å²) in [4.78, 5) is 28.3. The second-order valence-electron chi connectivity index (χ2n) is 14.3. The molecule has 1 aromatic heterocycles. The highest BCUT2D eigenvalue weighted by Crippen LogP contribution is 2.32. The highest BCUT2D eigenvalue weighted by atomic mass is 79.9. The zero-order valence-electron chi connectivity index (χ0n) is 28.3. The van der Waals surface area contributed by atoms with Gasteiger partial charge in [0.2, 0.25) is 0 Å². The molecule has 4 rings (SSSR count). The largest absolute Gasteiger partial charge is 1.00 e. The van der Waals surface area contributed by atoms with Crippen molar-refractivity contribution in [1.29, 1.82) is 0 Å². The molecule has 3 aromatic rings. The van der Waals surface area contributed by atoms with Crippen molar-refractivity contribution in [3.05, 3.63) is 59.9 Å². The molecule has 0 bridgehead atoms. The number of rotatable bonds is 16. The molecule has 0 atom stereocenters. The van der Waals surface area contributed by atoms with Gasteiger partial charge in [-0.2, -0.15) is 0 Å². The summed E-state index contributed by atoms with van der Waals surface area (Å²) in [6, 6.07) is 13.1. The Morgan fingerprint density at radius 2 is 1.37 bits per heavy atom. The maximum absolute atomic E-state index is 13.4. The van der Waals surface area contributed by atoms with Gasteiger partial charge < -0.3 is 52.2 Å². The van der Waals surface area contributed by atoms with E-state index in [2.05, 4.69) is 59.0 Å². The van der Waals surface area contributed by atoms with Crippen LogP contribution in [0.2, 0.25) is 0 Å². The Morgan fingerprint density at radius 3 is 1.93 bits per heavy atom. The lowest BCUT2D eigenvalue weighted by Gasteiger charge is -2.40. The number of ether oxygens (including phenoxy) is 1. The van der Waals surface area contributed by atoms with Gasteiger partial charge in [-0.15, -0.1) is 0 Å². The summed E-state index contributed by atoms with van der Waals surface area (Å²) >= 11 is 0. The van der Waals surface area contributed by atoms with Crippen molar-refractivity contribution in [3.8, 4) is 17.7 Å². The Hall–Kier alpha value is -2.71. The zero-order chi connectivity index (χ0) is 31.8. The van der Waals surface area contributed by atoms with Crippen LogP contribution >= 0.6 is 0 Å². The predicted molar refractivity (Wildman–Crippen MR) is 174 cm³/mol. The van der Waals surface area contributed by atoms with Crippen LogP contribution in [-0.4, -0.2) is 98.4 Å². The number of carbonyl (C=O) groups is 2. The van der Waals surface area contributed by atoms with Gasteiger partial charge in [0.15, 0.2) is 6.61 Å². The molecule has 0 radical (unpaired) electrons. The Labute approximate surface area is 296 Å². The maximum Gasteiger partial charge on any atom is 0.261 e. The molecule has 0 N–H and O–H groups in total. The number of quaternary nitrogens is 2. The van der Waals surface area contributed by atoms with E-state index in [4.69, 9.17) is 9.26 Å². The molecule has 1 aliphatic rings. The molecule has 0 saturated carbocycles. The van der Waals surface area contributed by atoms with Crippen molar-refractivity contribution in [3.63, 3.8) is 0 Å². The van der Waals surface area contributed by atoms with Crippen molar-refractivity contribution in [2.45, 2.75) is 52.4 Å². The van der Waals surface area contributed by atoms with Crippen LogP contribution in [0.3, 0.4) is 0 Å². The molecule has 1 aliphatic heterocycles. The van der Waals surface area contributed by atoms with Gasteiger partial charge >= 0.3 is 0 Å². The molecule has 252 valence electrons.